The van der Waals surface area contributed by atoms with Crippen LogP contribution in [0.5, 0.6) is 23.0 Å². The van der Waals surface area contributed by atoms with Gasteiger partial charge in [0.25, 0.3) is 0 Å². The van der Waals surface area contributed by atoms with E-state index in [9.17, 15) is 4.79 Å². The highest BCUT2D eigenvalue weighted by Crippen LogP contribution is 2.35. The van der Waals surface area contributed by atoms with E-state index in [-0.39, 0.29) is 5.91 Å². The Bertz CT molecular complexity index is 996. The Morgan fingerprint density at radius 2 is 1.63 bits per heavy atom. The lowest BCUT2D eigenvalue weighted by Crippen LogP contribution is -2.12. The van der Waals surface area contributed by atoms with Crippen LogP contribution in [0.3, 0.4) is 0 Å². The fourth-order valence-electron chi connectivity index (χ4n) is 2.92. The normalized spacial score (nSPS) is 10.4. The van der Waals surface area contributed by atoms with E-state index in [0.717, 1.165) is 11.1 Å². The summed E-state index contributed by atoms with van der Waals surface area (Å²) in [6, 6.07) is 11.1. The smallest absolute Gasteiger partial charge is 0.226 e. The molecule has 7 nitrogen and oxygen atoms in total. The van der Waals surface area contributed by atoms with Crippen LogP contribution in [0.25, 0.3) is 11.3 Å². The highest BCUT2D eigenvalue weighted by molar-refractivity contribution is 7.14. The summed E-state index contributed by atoms with van der Waals surface area (Å²) in [6.45, 7) is 0. The molecule has 1 amide bonds. The minimum Gasteiger partial charge on any atom is -0.497 e. The molecule has 0 aliphatic heterocycles. The molecule has 2 aromatic carbocycles. The predicted octanol–water partition coefficient (Wildman–Crippen LogP) is 4.42. The molecule has 1 N–H and O–H groups in total. The van der Waals surface area contributed by atoms with Crippen molar-refractivity contribution in [3.8, 4) is 34.3 Å². The third kappa shape index (κ3) is 5.21. The summed E-state index contributed by atoms with van der Waals surface area (Å²) in [5, 5.41) is 5.26. The molecule has 1 heterocycles. The number of hydrogen-bond acceptors (Lipinski definition) is 7. The Kier molecular flexibility index (Phi) is 7.13. The lowest BCUT2D eigenvalue weighted by atomic mass is 10.1. The molecule has 0 unspecified atom stereocenters. The fourth-order valence-corrected chi connectivity index (χ4v) is 3.65. The van der Waals surface area contributed by atoms with Crippen molar-refractivity contribution in [1.82, 2.24) is 4.98 Å². The number of anilines is 1. The second-order valence-electron chi connectivity index (χ2n) is 6.37. The van der Waals surface area contributed by atoms with Crippen LogP contribution in [0, 0.1) is 0 Å². The average molecular weight is 429 g/mol. The van der Waals surface area contributed by atoms with Crippen LogP contribution >= 0.6 is 11.3 Å². The van der Waals surface area contributed by atoms with E-state index in [1.165, 1.54) is 11.3 Å². The van der Waals surface area contributed by atoms with Crippen molar-refractivity contribution in [2.75, 3.05) is 33.8 Å². The first-order chi connectivity index (χ1) is 14.6. The number of ether oxygens (including phenoxy) is 4. The lowest BCUT2D eigenvalue weighted by Gasteiger charge is -2.09. The van der Waals surface area contributed by atoms with Gasteiger partial charge in [0.15, 0.2) is 5.13 Å². The molecule has 0 saturated heterocycles. The van der Waals surface area contributed by atoms with E-state index in [1.54, 1.807) is 34.5 Å². The molecule has 158 valence electrons. The van der Waals surface area contributed by atoms with Crippen molar-refractivity contribution >= 4 is 22.4 Å². The third-order valence-corrected chi connectivity index (χ3v) is 5.24. The Labute approximate surface area is 179 Å². The fraction of sp³-hybridized carbons (Fsp3) is 0.273. The number of carbonyl (C=O) groups excluding carboxylic acids is 1. The summed E-state index contributed by atoms with van der Waals surface area (Å²) in [5.41, 5.74) is 2.47. The zero-order chi connectivity index (χ0) is 21.5. The summed E-state index contributed by atoms with van der Waals surface area (Å²) >= 11 is 1.36. The number of carbonyl (C=O) groups is 1. The zero-order valence-corrected chi connectivity index (χ0v) is 18.2. The molecular weight excluding hydrogens is 404 g/mol. The summed E-state index contributed by atoms with van der Waals surface area (Å²) in [6.07, 6.45) is 0.870. The number of rotatable bonds is 9. The molecule has 0 aliphatic carbocycles. The minimum atomic E-state index is -0.115. The van der Waals surface area contributed by atoms with E-state index in [2.05, 4.69) is 10.3 Å². The monoisotopic (exact) mass is 428 g/mol. The van der Waals surface area contributed by atoms with Gasteiger partial charge in [0.1, 0.15) is 23.0 Å². The van der Waals surface area contributed by atoms with E-state index in [1.807, 2.05) is 35.7 Å². The maximum Gasteiger partial charge on any atom is 0.226 e. The molecule has 0 spiro atoms. The predicted molar refractivity (Wildman–Crippen MR) is 117 cm³/mol. The number of thiazole rings is 1. The van der Waals surface area contributed by atoms with Gasteiger partial charge in [-0.1, -0.05) is 0 Å². The molecule has 8 heteroatoms. The van der Waals surface area contributed by atoms with E-state index >= 15 is 0 Å². The van der Waals surface area contributed by atoms with Crippen molar-refractivity contribution in [2.24, 2.45) is 0 Å². The Hall–Kier alpha value is -3.26. The van der Waals surface area contributed by atoms with Crippen molar-refractivity contribution in [3.05, 3.63) is 47.3 Å². The molecule has 0 fully saturated rings. The number of aromatic nitrogens is 1. The van der Waals surface area contributed by atoms with Gasteiger partial charge >= 0.3 is 0 Å². The van der Waals surface area contributed by atoms with Crippen molar-refractivity contribution in [3.63, 3.8) is 0 Å². The van der Waals surface area contributed by atoms with Crippen molar-refractivity contribution < 1.29 is 23.7 Å². The Balaban J connectivity index is 1.66. The number of nitrogens with zero attached hydrogens (tertiary/aromatic N) is 1. The number of amides is 1. The first kappa shape index (κ1) is 21.4. The van der Waals surface area contributed by atoms with Crippen molar-refractivity contribution in [1.29, 1.82) is 0 Å². The maximum atomic E-state index is 12.4. The summed E-state index contributed by atoms with van der Waals surface area (Å²) in [7, 11) is 6.41. The van der Waals surface area contributed by atoms with Crippen LogP contribution in [0.2, 0.25) is 0 Å². The van der Waals surface area contributed by atoms with Gasteiger partial charge < -0.3 is 24.3 Å². The lowest BCUT2D eigenvalue weighted by molar-refractivity contribution is -0.116. The van der Waals surface area contributed by atoms with Gasteiger partial charge in [0.05, 0.1) is 34.1 Å². The molecule has 30 heavy (non-hydrogen) atoms. The van der Waals surface area contributed by atoms with Gasteiger partial charge in [0, 0.05) is 23.4 Å². The molecule has 3 rings (SSSR count). The number of nitrogens with one attached hydrogen (secondary N) is 1. The first-order valence-corrected chi connectivity index (χ1v) is 10.1. The topological polar surface area (TPSA) is 78.9 Å². The minimum absolute atomic E-state index is 0.115. The molecule has 1 aromatic heterocycles. The van der Waals surface area contributed by atoms with Gasteiger partial charge in [-0.15, -0.1) is 11.3 Å². The molecule has 3 aromatic rings. The van der Waals surface area contributed by atoms with E-state index < -0.39 is 0 Å². The van der Waals surface area contributed by atoms with Crippen molar-refractivity contribution in [2.45, 2.75) is 12.8 Å². The van der Waals surface area contributed by atoms with Crippen LogP contribution in [0.4, 0.5) is 5.13 Å². The summed E-state index contributed by atoms with van der Waals surface area (Å²) in [5.74, 6) is 2.67. The zero-order valence-electron chi connectivity index (χ0n) is 17.4. The highest BCUT2D eigenvalue weighted by Gasteiger charge is 2.13. The molecular formula is C22H24N2O5S. The standard InChI is InChI=1S/C22H24N2O5S/c1-26-15-6-7-20(29-4)18(12-15)19-13-30-22(23-19)24-21(25)8-5-14-9-16(27-2)11-17(10-14)28-3/h6-7,9-13H,5,8H2,1-4H3,(H,23,24,25). The molecule has 0 radical (unpaired) electrons. The van der Waals surface area contributed by atoms with Gasteiger partial charge in [-0.3, -0.25) is 4.79 Å². The van der Waals surface area contributed by atoms with E-state index in [4.69, 9.17) is 18.9 Å². The van der Waals surface area contributed by atoms with Gasteiger partial charge in [-0.2, -0.15) is 0 Å². The number of aryl methyl sites for hydroxylation is 1. The van der Waals surface area contributed by atoms with Crippen LogP contribution in [-0.2, 0) is 11.2 Å². The Morgan fingerprint density at radius 3 is 2.27 bits per heavy atom. The quantitative estimate of drug-likeness (QED) is 0.544. The second kappa shape index (κ2) is 9.98. The molecule has 0 saturated carbocycles. The third-order valence-electron chi connectivity index (χ3n) is 4.49. The number of hydrogen-bond donors (Lipinski definition) is 1. The average Bonchev–Trinajstić information content (AvgIpc) is 3.25. The van der Waals surface area contributed by atoms with Gasteiger partial charge in [-0.25, -0.2) is 4.98 Å². The van der Waals surface area contributed by atoms with Crippen LogP contribution < -0.4 is 24.3 Å². The van der Waals surface area contributed by atoms with Gasteiger partial charge in [-0.05, 0) is 42.3 Å². The number of methoxy groups -OCH3 is 4. The SMILES string of the molecule is COc1cc(CCC(=O)Nc2nc(-c3cc(OC)ccc3OC)cs2)cc(OC)c1. The highest BCUT2D eigenvalue weighted by atomic mass is 32.1. The van der Waals surface area contributed by atoms with Crippen LogP contribution in [-0.4, -0.2) is 39.3 Å². The van der Waals surface area contributed by atoms with Crippen LogP contribution in [0.1, 0.15) is 12.0 Å². The first-order valence-electron chi connectivity index (χ1n) is 9.26. The van der Waals surface area contributed by atoms with Gasteiger partial charge in [0.2, 0.25) is 5.91 Å². The molecule has 0 bridgehead atoms. The Morgan fingerprint density at radius 1 is 0.933 bits per heavy atom. The summed E-state index contributed by atoms with van der Waals surface area (Å²) < 4.78 is 21.2. The molecule has 0 aliphatic rings. The number of benzene rings is 2. The van der Waals surface area contributed by atoms with E-state index in [0.29, 0.717) is 46.7 Å². The van der Waals surface area contributed by atoms with Crippen LogP contribution in [0.15, 0.2) is 41.8 Å². The molecule has 0 atom stereocenters. The summed E-state index contributed by atoms with van der Waals surface area (Å²) in [4.78, 5) is 16.9. The maximum absolute atomic E-state index is 12.4. The second-order valence-corrected chi connectivity index (χ2v) is 7.23. The largest absolute Gasteiger partial charge is 0.497 e.